The summed E-state index contributed by atoms with van der Waals surface area (Å²) in [5.74, 6) is 1.74. The summed E-state index contributed by atoms with van der Waals surface area (Å²) >= 11 is 0. The zero-order valence-electron chi connectivity index (χ0n) is 11.7. The molecule has 1 aromatic heterocycles. The van der Waals surface area contributed by atoms with E-state index in [4.69, 9.17) is 9.47 Å². The molecule has 0 bridgehead atoms. The van der Waals surface area contributed by atoms with Crippen molar-refractivity contribution in [1.29, 1.82) is 0 Å². The molecule has 2 aromatic carbocycles. The molecular formula is C16H14N2O3. The molecule has 3 rings (SSSR count). The van der Waals surface area contributed by atoms with Crippen LogP contribution in [0.1, 0.15) is 0 Å². The first kappa shape index (κ1) is 13.2. The van der Waals surface area contributed by atoms with Crippen molar-refractivity contribution in [2.24, 2.45) is 0 Å². The lowest BCUT2D eigenvalue weighted by Crippen LogP contribution is -2.09. The summed E-state index contributed by atoms with van der Waals surface area (Å²) in [6.07, 6.45) is 0. The van der Waals surface area contributed by atoms with Gasteiger partial charge in [-0.15, -0.1) is 0 Å². The molecule has 0 radical (unpaired) electrons. The van der Waals surface area contributed by atoms with Crippen LogP contribution in [0.2, 0.25) is 0 Å². The molecule has 0 saturated carbocycles. The van der Waals surface area contributed by atoms with Gasteiger partial charge in [-0.2, -0.15) is 4.98 Å². The number of aromatic amines is 1. The van der Waals surface area contributed by atoms with Crippen LogP contribution in [0.3, 0.4) is 0 Å². The summed E-state index contributed by atoms with van der Waals surface area (Å²) in [6, 6.07) is 12.6. The van der Waals surface area contributed by atoms with E-state index in [2.05, 4.69) is 9.97 Å². The molecule has 5 nitrogen and oxygen atoms in total. The highest BCUT2D eigenvalue weighted by molar-refractivity contribution is 5.80. The Kier molecular flexibility index (Phi) is 3.31. The number of nitrogens with one attached hydrogen (secondary N) is 1. The Balaban J connectivity index is 2.27. The number of H-pyrrole nitrogens is 1. The maximum atomic E-state index is 12.1. The van der Waals surface area contributed by atoms with Crippen molar-refractivity contribution in [2.45, 2.75) is 0 Å². The third kappa shape index (κ3) is 2.33. The zero-order chi connectivity index (χ0) is 14.8. The zero-order valence-corrected chi connectivity index (χ0v) is 11.7. The van der Waals surface area contributed by atoms with Gasteiger partial charge in [0.15, 0.2) is 0 Å². The molecule has 0 amide bonds. The molecule has 0 fully saturated rings. The van der Waals surface area contributed by atoms with Crippen LogP contribution in [0, 0.1) is 0 Å². The minimum Gasteiger partial charge on any atom is -0.497 e. The molecule has 0 aliphatic heterocycles. The largest absolute Gasteiger partial charge is 0.497 e. The minimum absolute atomic E-state index is 0.274. The molecule has 0 aliphatic rings. The van der Waals surface area contributed by atoms with Crippen molar-refractivity contribution in [2.75, 3.05) is 14.2 Å². The molecule has 3 aromatic rings. The minimum atomic E-state index is -0.274. The van der Waals surface area contributed by atoms with E-state index < -0.39 is 0 Å². The SMILES string of the molecule is COc1ccc(OC)c(-c2nc(=O)c3ccccc3[nH]2)c1. The molecule has 1 heterocycles. The van der Waals surface area contributed by atoms with E-state index in [1.807, 2.05) is 18.2 Å². The number of fused-ring (bicyclic) bond motifs is 1. The topological polar surface area (TPSA) is 64.2 Å². The second-order valence-electron chi connectivity index (χ2n) is 4.50. The maximum Gasteiger partial charge on any atom is 0.281 e. The quantitative estimate of drug-likeness (QED) is 0.802. The highest BCUT2D eigenvalue weighted by Crippen LogP contribution is 2.31. The van der Waals surface area contributed by atoms with Crippen LogP contribution in [0.15, 0.2) is 47.3 Å². The van der Waals surface area contributed by atoms with Gasteiger partial charge in [-0.3, -0.25) is 4.79 Å². The molecule has 1 N–H and O–H groups in total. The van der Waals surface area contributed by atoms with Crippen LogP contribution in [0.5, 0.6) is 11.5 Å². The van der Waals surface area contributed by atoms with Crippen LogP contribution in [0.25, 0.3) is 22.3 Å². The summed E-state index contributed by atoms with van der Waals surface area (Å²) in [5, 5.41) is 0.558. The van der Waals surface area contributed by atoms with Gasteiger partial charge in [0, 0.05) is 0 Å². The molecule has 106 valence electrons. The van der Waals surface area contributed by atoms with Crippen LogP contribution in [-0.4, -0.2) is 24.2 Å². The molecule has 0 spiro atoms. The van der Waals surface area contributed by atoms with E-state index in [-0.39, 0.29) is 5.56 Å². The monoisotopic (exact) mass is 282 g/mol. The van der Waals surface area contributed by atoms with E-state index in [1.165, 1.54) is 0 Å². The Morgan fingerprint density at radius 1 is 1.05 bits per heavy atom. The number of hydrogen-bond donors (Lipinski definition) is 1. The standard InChI is InChI=1S/C16H14N2O3/c1-20-10-7-8-14(21-2)12(9-10)15-17-13-6-4-3-5-11(13)16(19)18-15/h3-9H,1-2H3,(H,17,18,19). The van der Waals surface area contributed by atoms with Gasteiger partial charge >= 0.3 is 0 Å². The second-order valence-corrected chi connectivity index (χ2v) is 4.50. The third-order valence-electron chi connectivity index (χ3n) is 3.29. The lowest BCUT2D eigenvalue weighted by molar-refractivity contribution is 0.404. The van der Waals surface area contributed by atoms with Crippen molar-refractivity contribution < 1.29 is 9.47 Å². The molecular weight excluding hydrogens is 268 g/mol. The second kappa shape index (κ2) is 5.28. The first-order chi connectivity index (χ1) is 10.2. The number of nitrogens with zero attached hydrogens (tertiary/aromatic N) is 1. The van der Waals surface area contributed by atoms with Gasteiger partial charge in [0.05, 0.1) is 30.7 Å². The van der Waals surface area contributed by atoms with Crippen LogP contribution in [-0.2, 0) is 0 Å². The first-order valence-electron chi connectivity index (χ1n) is 6.44. The van der Waals surface area contributed by atoms with Gasteiger partial charge in [-0.25, -0.2) is 0 Å². The lowest BCUT2D eigenvalue weighted by Gasteiger charge is -2.10. The molecule has 0 saturated heterocycles. The van der Waals surface area contributed by atoms with Gasteiger partial charge in [-0.05, 0) is 30.3 Å². The van der Waals surface area contributed by atoms with Crippen molar-refractivity contribution in [3.63, 3.8) is 0 Å². The lowest BCUT2D eigenvalue weighted by atomic mass is 10.1. The van der Waals surface area contributed by atoms with Crippen molar-refractivity contribution in [3.05, 3.63) is 52.8 Å². The first-order valence-corrected chi connectivity index (χ1v) is 6.44. The Hall–Kier alpha value is -2.82. The van der Waals surface area contributed by atoms with Gasteiger partial charge in [-0.1, -0.05) is 12.1 Å². The smallest absolute Gasteiger partial charge is 0.281 e. The molecule has 0 aliphatic carbocycles. The molecule has 5 heteroatoms. The maximum absolute atomic E-state index is 12.1. The number of para-hydroxylation sites is 1. The van der Waals surface area contributed by atoms with E-state index >= 15 is 0 Å². The van der Waals surface area contributed by atoms with Crippen molar-refractivity contribution in [1.82, 2.24) is 9.97 Å². The summed E-state index contributed by atoms with van der Waals surface area (Å²) in [6.45, 7) is 0. The van der Waals surface area contributed by atoms with Crippen LogP contribution < -0.4 is 15.0 Å². The number of methoxy groups -OCH3 is 2. The summed E-state index contributed by atoms with van der Waals surface area (Å²) in [4.78, 5) is 19.4. The number of benzene rings is 2. The molecule has 0 unspecified atom stereocenters. The number of hydrogen-bond acceptors (Lipinski definition) is 4. The predicted molar refractivity (Wildman–Crippen MR) is 80.9 cm³/mol. The number of aromatic nitrogens is 2. The third-order valence-corrected chi connectivity index (χ3v) is 3.29. The number of rotatable bonds is 3. The predicted octanol–water partition coefficient (Wildman–Crippen LogP) is 2.61. The van der Waals surface area contributed by atoms with E-state index in [1.54, 1.807) is 38.5 Å². The molecule has 21 heavy (non-hydrogen) atoms. The van der Waals surface area contributed by atoms with Gasteiger partial charge in [0.25, 0.3) is 5.56 Å². The van der Waals surface area contributed by atoms with Gasteiger partial charge < -0.3 is 14.5 Å². The van der Waals surface area contributed by atoms with E-state index in [0.717, 1.165) is 5.52 Å². The van der Waals surface area contributed by atoms with E-state index in [0.29, 0.717) is 28.3 Å². The summed E-state index contributed by atoms with van der Waals surface area (Å²) < 4.78 is 10.6. The Morgan fingerprint density at radius 2 is 1.86 bits per heavy atom. The summed E-state index contributed by atoms with van der Waals surface area (Å²) in [5.41, 5.74) is 1.14. The Bertz CT molecular complexity index is 856. The van der Waals surface area contributed by atoms with Crippen LogP contribution >= 0.6 is 0 Å². The molecule has 0 atom stereocenters. The average molecular weight is 282 g/mol. The van der Waals surface area contributed by atoms with Crippen molar-refractivity contribution in [3.8, 4) is 22.9 Å². The Labute approximate surface area is 121 Å². The summed E-state index contributed by atoms with van der Waals surface area (Å²) in [7, 11) is 3.16. The fourth-order valence-corrected chi connectivity index (χ4v) is 2.22. The normalized spacial score (nSPS) is 10.6. The Morgan fingerprint density at radius 3 is 2.62 bits per heavy atom. The van der Waals surface area contributed by atoms with Crippen molar-refractivity contribution >= 4 is 10.9 Å². The van der Waals surface area contributed by atoms with Crippen LogP contribution in [0.4, 0.5) is 0 Å². The van der Waals surface area contributed by atoms with Gasteiger partial charge in [0.2, 0.25) is 0 Å². The highest BCUT2D eigenvalue weighted by Gasteiger charge is 2.12. The highest BCUT2D eigenvalue weighted by atomic mass is 16.5. The van der Waals surface area contributed by atoms with Gasteiger partial charge in [0.1, 0.15) is 17.3 Å². The fraction of sp³-hybridized carbons (Fsp3) is 0.125. The van der Waals surface area contributed by atoms with E-state index in [9.17, 15) is 4.79 Å². The average Bonchev–Trinajstić information content (AvgIpc) is 2.54. The number of ether oxygens (including phenoxy) is 2. The fourth-order valence-electron chi connectivity index (χ4n) is 2.22.